The van der Waals surface area contributed by atoms with Crippen LogP contribution in [0.2, 0.25) is 0 Å². The summed E-state index contributed by atoms with van der Waals surface area (Å²) in [5.41, 5.74) is 2.31. The number of allylic oxidation sites excluding steroid dienone is 1. The zero-order valence-corrected chi connectivity index (χ0v) is 25.0. The number of alkyl halides is 1. The Morgan fingerprint density at radius 3 is 2.38 bits per heavy atom. The highest BCUT2D eigenvalue weighted by atomic mass is 32.2. The average molecular weight is 579 g/mol. The predicted octanol–water partition coefficient (Wildman–Crippen LogP) is 7.07. The van der Waals surface area contributed by atoms with E-state index in [2.05, 4.69) is 16.6 Å². The number of esters is 1. The van der Waals surface area contributed by atoms with Gasteiger partial charge in [-0.2, -0.15) is 0 Å². The molecule has 0 amide bonds. The molecule has 1 aromatic heterocycles. The molecule has 0 saturated heterocycles. The maximum Gasteiger partial charge on any atom is 0.338 e. The molecule has 1 aliphatic carbocycles. The minimum absolute atomic E-state index is 0.0717. The molecule has 220 valence electrons. The lowest BCUT2D eigenvalue weighted by Gasteiger charge is -2.33. The summed E-state index contributed by atoms with van der Waals surface area (Å²) in [6, 6.07) is 5.84. The van der Waals surface area contributed by atoms with Gasteiger partial charge in [0.2, 0.25) is 16.9 Å². The van der Waals surface area contributed by atoms with Gasteiger partial charge in [-0.3, -0.25) is 4.72 Å². The van der Waals surface area contributed by atoms with Gasteiger partial charge in [-0.15, -0.1) is 0 Å². The molecule has 1 aliphatic rings. The fraction of sp³-hybridized carbons (Fsp3) is 0.533. The Kier molecular flexibility index (Phi) is 10.3. The topological polar surface area (TPSA) is 94.6 Å². The second-order valence-electron chi connectivity index (χ2n) is 11.2. The van der Waals surface area contributed by atoms with E-state index in [1.807, 2.05) is 0 Å². The van der Waals surface area contributed by atoms with Crippen molar-refractivity contribution in [3.05, 3.63) is 53.0 Å². The zero-order chi connectivity index (χ0) is 29.7. The highest BCUT2D eigenvalue weighted by molar-refractivity contribution is 7.94. The molecule has 1 heterocycles. The van der Waals surface area contributed by atoms with Crippen LogP contribution < -0.4 is 9.46 Å². The van der Waals surface area contributed by atoms with Crippen LogP contribution in [0, 0.1) is 24.6 Å². The maximum atomic E-state index is 15.0. The predicted molar refractivity (Wildman–Crippen MR) is 153 cm³/mol. The fourth-order valence-corrected chi connectivity index (χ4v) is 6.02. The number of ether oxygens (including phenoxy) is 2. The van der Waals surface area contributed by atoms with Gasteiger partial charge >= 0.3 is 5.97 Å². The number of sulfonamides is 1. The Balaban J connectivity index is 2.27. The van der Waals surface area contributed by atoms with Crippen LogP contribution in [0.5, 0.6) is 5.75 Å². The van der Waals surface area contributed by atoms with Crippen molar-refractivity contribution in [2.75, 3.05) is 18.7 Å². The standard InChI is InChI=1S/C30H40F2N2O5S/c1-7-22(20-11-9-8-10-12-20)27(21-13-14-26(33-17-21)34-40(36,37)30(3,4)5)28(29(35)38-6)23-16-24(32)25(39-18-31)15-19(23)2/h13-17,20,22H,7-12,18H2,1-6H3,(H,33,34). The SMILES string of the molecule is CCC(C(=C(C(=O)OC)c1cc(F)c(OCF)cc1C)c1ccc(NS(=O)(=O)C(C)(C)C)nc1)C1CCCCC1. The molecule has 0 aliphatic heterocycles. The molecule has 1 N–H and O–H groups in total. The number of aryl methyl sites for hydroxylation is 1. The lowest BCUT2D eigenvalue weighted by atomic mass is 9.71. The van der Waals surface area contributed by atoms with Crippen molar-refractivity contribution in [2.45, 2.75) is 77.9 Å². The van der Waals surface area contributed by atoms with E-state index in [0.717, 1.165) is 32.1 Å². The molecule has 2 aromatic rings. The monoisotopic (exact) mass is 578 g/mol. The van der Waals surface area contributed by atoms with Crippen molar-refractivity contribution in [2.24, 2.45) is 11.8 Å². The van der Waals surface area contributed by atoms with E-state index in [-0.39, 0.29) is 29.0 Å². The number of nitrogens with one attached hydrogen (secondary N) is 1. The van der Waals surface area contributed by atoms with Gasteiger partial charge in [0.15, 0.2) is 11.6 Å². The number of anilines is 1. The van der Waals surface area contributed by atoms with Gasteiger partial charge < -0.3 is 9.47 Å². The summed E-state index contributed by atoms with van der Waals surface area (Å²) in [4.78, 5) is 17.9. The summed E-state index contributed by atoms with van der Waals surface area (Å²) in [7, 11) is -2.42. The average Bonchev–Trinajstić information content (AvgIpc) is 2.91. The first-order valence-electron chi connectivity index (χ1n) is 13.6. The Morgan fingerprint density at radius 2 is 1.85 bits per heavy atom. The van der Waals surface area contributed by atoms with Crippen LogP contribution >= 0.6 is 0 Å². The molecule has 3 rings (SSSR count). The van der Waals surface area contributed by atoms with Crippen molar-refractivity contribution in [3.8, 4) is 5.75 Å². The smallest absolute Gasteiger partial charge is 0.338 e. The number of hydrogen-bond acceptors (Lipinski definition) is 6. The third kappa shape index (κ3) is 7.00. The van der Waals surface area contributed by atoms with Crippen molar-refractivity contribution in [1.29, 1.82) is 0 Å². The van der Waals surface area contributed by atoms with Crippen molar-refractivity contribution in [1.82, 2.24) is 4.98 Å². The second-order valence-corrected chi connectivity index (χ2v) is 13.6. The summed E-state index contributed by atoms with van der Waals surface area (Å²) in [6.45, 7) is 7.35. The number of rotatable bonds is 10. The Hall–Kier alpha value is -3.01. The molecule has 1 atom stereocenters. The van der Waals surface area contributed by atoms with Gasteiger partial charge in [-0.25, -0.2) is 27.0 Å². The van der Waals surface area contributed by atoms with Crippen molar-refractivity contribution < 1.29 is 31.5 Å². The van der Waals surface area contributed by atoms with Crippen LogP contribution in [-0.2, 0) is 19.6 Å². The number of hydrogen-bond donors (Lipinski definition) is 1. The van der Waals surface area contributed by atoms with E-state index < -0.39 is 33.4 Å². The van der Waals surface area contributed by atoms with Gasteiger partial charge in [0.1, 0.15) is 5.82 Å². The number of halogens is 2. The molecule has 1 unspecified atom stereocenters. The summed E-state index contributed by atoms with van der Waals surface area (Å²) in [5.74, 6) is -1.31. The third-order valence-electron chi connectivity index (χ3n) is 7.57. The number of pyridine rings is 1. The first-order valence-corrected chi connectivity index (χ1v) is 15.1. The van der Waals surface area contributed by atoms with E-state index in [4.69, 9.17) is 9.47 Å². The zero-order valence-electron chi connectivity index (χ0n) is 24.1. The number of benzene rings is 1. The van der Waals surface area contributed by atoms with Crippen LogP contribution in [0.3, 0.4) is 0 Å². The molecule has 0 spiro atoms. The number of nitrogens with zero attached hydrogens (tertiary/aromatic N) is 1. The fourth-order valence-electron chi connectivity index (χ4n) is 5.32. The largest absolute Gasteiger partial charge is 0.465 e. The first-order chi connectivity index (χ1) is 18.8. The highest BCUT2D eigenvalue weighted by Crippen LogP contribution is 2.44. The maximum absolute atomic E-state index is 15.0. The molecule has 0 bridgehead atoms. The summed E-state index contributed by atoms with van der Waals surface area (Å²) in [6.07, 6.45) is 7.54. The van der Waals surface area contributed by atoms with E-state index in [1.165, 1.54) is 25.4 Å². The molecule has 1 fully saturated rings. The highest BCUT2D eigenvalue weighted by Gasteiger charge is 2.33. The second kappa shape index (κ2) is 13.1. The van der Waals surface area contributed by atoms with Crippen LogP contribution in [-0.4, -0.2) is 38.1 Å². The molecule has 40 heavy (non-hydrogen) atoms. The normalized spacial score (nSPS) is 16.2. The summed E-state index contributed by atoms with van der Waals surface area (Å²) in [5, 5.41) is 0. The minimum atomic E-state index is -3.70. The van der Waals surface area contributed by atoms with Crippen LogP contribution in [0.1, 0.15) is 82.9 Å². The first kappa shape index (κ1) is 31.5. The van der Waals surface area contributed by atoms with Gasteiger partial charge in [-0.05, 0) is 105 Å². The molecule has 10 heteroatoms. The van der Waals surface area contributed by atoms with Crippen LogP contribution in [0.15, 0.2) is 30.5 Å². The molecule has 0 radical (unpaired) electrons. The lowest BCUT2D eigenvalue weighted by Crippen LogP contribution is -2.33. The molecule has 1 saturated carbocycles. The van der Waals surface area contributed by atoms with Gasteiger partial charge in [0, 0.05) is 6.20 Å². The number of carbonyl (C=O) groups excluding carboxylic acids is 1. The van der Waals surface area contributed by atoms with Crippen LogP contribution in [0.25, 0.3) is 11.1 Å². The lowest BCUT2D eigenvalue weighted by molar-refractivity contribution is -0.133. The van der Waals surface area contributed by atoms with Gasteiger partial charge in [0.05, 0.1) is 17.4 Å². The summed E-state index contributed by atoms with van der Waals surface area (Å²) < 4.78 is 64.7. The minimum Gasteiger partial charge on any atom is -0.465 e. The van der Waals surface area contributed by atoms with E-state index in [1.54, 1.807) is 39.8 Å². The Morgan fingerprint density at radius 1 is 1.18 bits per heavy atom. The number of aromatic nitrogens is 1. The number of methoxy groups -OCH3 is 1. The van der Waals surface area contributed by atoms with E-state index in [9.17, 15) is 17.6 Å². The Bertz CT molecular complexity index is 1330. The van der Waals surface area contributed by atoms with E-state index in [0.29, 0.717) is 28.7 Å². The van der Waals surface area contributed by atoms with Gasteiger partial charge in [-0.1, -0.05) is 26.2 Å². The van der Waals surface area contributed by atoms with Crippen molar-refractivity contribution >= 4 is 33.0 Å². The van der Waals surface area contributed by atoms with Crippen molar-refractivity contribution in [3.63, 3.8) is 0 Å². The molecule has 7 nitrogen and oxygen atoms in total. The summed E-state index contributed by atoms with van der Waals surface area (Å²) >= 11 is 0. The van der Waals surface area contributed by atoms with E-state index >= 15 is 4.39 Å². The van der Waals surface area contributed by atoms with Crippen LogP contribution in [0.4, 0.5) is 14.6 Å². The molecular formula is C30H40F2N2O5S. The quantitative estimate of drug-likeness (QED) is 0.239. The van der Waals surface area contributed by atoms with Gasteiger partial charge in [0.25, 0.3) is 0 Å². The Labute approximate surface area is 236 Å². The third-order valence-corrected chi connectivity index (χ3v) is 9.66. The number of carbonyl (C=O) groups is 1. The molecular weight excluding hydrogens is 538 g/mol. The molecule has 1 aromatic carbocycles.